The predicted molar refractivity (Wildman–Crippen MR) is 113 cm³/mol. The van der Waals surface area contributed by atoms with Gasteiger partial charge < -0.3 is 24.3 Å². The Morgan fingerprint density at radius 1 is 1.39 bits per heavy atom. The van der Waals surface area contributed by atoms with Crippen LogP contribution in [-0.4, -0.2) is 61.9 Å². The van der Waals surface area contributed by atoms with Gasteiger partial charge in [-0.25, -0.2) is 14.6 Å². The zero-order valence-electron chi connectivity index (χ0n) is 16.6. The molecule has 0 bridgehead atoms. The molecule has 0 saturated heterocycles. The van der Waals surface area contributed by atoms with E-state index in [1.54, 1.807) is 36.8 Å². The second-order valence-electron chi connectivity index (χ2n) is 6.38. The third-order valence-electron chi connectivity index (χ3n) is 4.38. The third kappa shape index (κ3) is 5.04. The van der Waals surface area contributed by atoms with Gasteiger partial charge in [-0.1, -0.05) is 18.2 Å². The molecule has 2 aromatic heterocycles. The molecule has 3 rings (SSSR count). The lowest BCUT2D eigenvalue weighted by Crippen LogP contribution is -2.28. The van der Waals surface area contributed by atoms with Gasteiger partial charge in [-0.15, -0.1) is 16.8 Å². The Balaban J connectivity index is 1.75. The van der Waals surface area contributed by atoms with E-state index < -0.39 is 29.1 Å². The lowest BCUT2D eigenvalue weighted by atomic mass is 9.84. The number of allylic oxidation sites excluding steroid dienone is 2. The molecule has 2 radical (unpaired) electrons. The highest BCUT2D eigenvalue weighted by Crippen LogP contribution is 2.32. The normalized spacial score (nSPS) is 17.7. The van der Waals surface area contributed by atoms with Crippen molar-refractivity contribution >= 4 is 36.9 Å². The van der Waals surface area contributed by atoms with Gasteiger partial charge in [0, 0.05) is 13.0 Å². The Morgan fingerprint density at radius 3 is 2.87 bits per heavy atom. The van der Waals surface area contributed by atoms with Gasteiger partial charge in [0.05, 0.1) is 23.8 Å². The minimum Gasteiger partial charge on any atom is -0.501 e. The zero-order chi connectivity index (χ0) is 22.5. The molecule has 31 heavy (non-hydrogen) atoms. The number of methoxy groups -OCH3 is 2. The maximum Gasteiger partial charge on any atom is 0.411 e. The fourth-order valence-electron chi connectivity index (χ4n) is 2.87. The summed E-state index contributed by atoms with van der Waals surface area (Å²) in [6.45, 7) is 0.0234. The number of carbonyl (C=O) groups excluding carboxylic acids is 2. The number of hydrogen-bond donors (Lipinski definition) is 3. The first-order chi connectivity index (χ1) is 14.8. The van der Waals surface area contributed by atoms with Crippen molar-refractivity contribution in [2.75, 3.05) is 26.1 Å². The Labute approximate surface area is 182 Å². The number of nitrogens with one attached hydrogen (secondary N) is 2. The molecule has 2 heterocycles. The van der Waals surface area contributed by atoms with Crippen molar-refractivity contribution < 1.29 is 28.9 Å². The zero-order valence-corrected chi connectivity index (χ0v) is 17.4. The van der Waals surface area contributed by atoms with Crippen molar-refractivity contribution in [3.8, 4) is 16.5 Å². The number of amides is 1. The van der Waals surface area contributed by atoms with Crippen LogP contribution in [0.4, 0.5) is 10.5 Å². The number of anilines is 1. The Bertz CT molecular complexity index is 1110. The summed E-state index contributed by atoms with van der Waals surface area (Å²) in [6.07, 6.45) is 4.22. The summed E-state index contributed by atoms with van der Waals surface area (Å²) in [5, 5.41) is 14.0. The molecule has 10 nitrogen and oxygen atoms in total. The van der Waals surface area contributed by atoms with E-state index >= 15 is 0 Å². The molecule has 0 fully saturated rings. The summed E-state index contributed by atoms with van der Waals surface area (Å²) in [5.74, 6) is -2.11. The first-order valence-corrected chi connectivity index (χ1v) is 9.83. The largest absolute Gasteiger partial charge is 0.501 e. The van der Waals surface area contributed by atoms with E-state index in [0.717, 1.165) is 18.4 Å². The van der Waals surface area contributed by atoms with Crippen LogP contribution < -0.4 is 10.9 Å². The maximum atomic E-state index is 12.3. The van der Waals surface area contributed by atoms with E-state index in [4.69, 9.17) is 17.3 Å². The van der Waals surface area contributed by atoms with Crippen molar-refractivity contribution in [3.63, 3.8) is 0 Å². The number of H-pyrrole nitrogens is 1. The number of nitrogens with zero attached hydrogens (tertiary/aromatic N) is 1. The Morgan fingerprint density at radius 2 is 2.16 bits per heavy atom. The summed E-state index contributed by atoms with van der Waals surface area (Å²) >= 11 is 1.15. The molecule has 12 heteroatoms. The molecule has 0 saturated carbocycles. The molecule has 1 amide bonds. The van der Waals surface area contributed by atoms with Gasteiger partial charge in [0.1, 0.15) is 14.5 Å². The molecular formula is C19H18BN3O7S. The van der Waals surface area contributed by atoms with Gasteiger partial charge in [-0.2, -0.15) is 0 Å². The average Bonchev–Trinajstić information content (AvgIpc) is 3.21. The van der Waals surface area contributed by atoms with Gasteiger partial charge >= 0.3 is 12.1 Å². The van der Waals surface area contributed by atoms with Crippen LogP contribution >= 0.6 is 11.3 Å². The number of thiophene rings is 1. The molecule has 1 aliphatic rings. The summed E-state index contributed by atoms with van der Waals surface area (Å²) in [5.41, 5.74) is -0.621. The number of carbonyl (C=O) groups is 2. The van der Waals surface area contributed by atoms with E-state index in [-0.39, 0.29) is 24.5 Å². The fourth-order valence-corrected chi connectivity index (χ4v) is 3.66. The van der Waals surface area contributed by atoms with Crippen molar-refractivity contribution in [1.82, 2.24) is 9.97 Å². The topological polar surface area (TPSA) is 140 Å². The first-order valence-electron chi connectivity index (χ1n) is 8.95. The summed E-state index contributed by atoms with van der Waals surface area (Å²) in [7, 11) is 8.43. The van der Waals surface area contributed by atoms with E-state index in [1.807, 2.05) is 0 Å². The van der Waals surface area contributed by atoms with Crippen LogP contribution in [0.15, 0.2) is 39.9 Å². The number of rotatable bonds is 6. The van der Waals surface area contributed by atoms with Crippen molar-refractivity contribution in [3.05, 3.63) is 51.2 Å². The molecule has 0 spiro atoms. The van der Waals surface area contributed by atoms with Gasteiger partial charge in [0.25, 0.3) is 5.56 Å². The molecule has 2 unspecified atom stereocenters. The highest BCUT2D eigenvalue weighted by Gasteiger charge is 2.23. The first kappa shape index (κ1) is 22.3. The van der Waals surface area contributed by atoms with Crippen LogP contribution in [-0.2, 0) is 14.2 Å². The number of ether oxygens (including phenoxy) is 3. The highest BCUT2D eigenvalue weighted by molar-refractivity contribution is 7.14. The number of aromatic amines is 1. The molecule has 160 valence electrons. The van der Waals surface area contributed by atoms with Crippen molar-refractivity contribution in [2.45, 2.75) is 6.10 Å². The number of esters is 1. The predicted octanol–water partition coefficient (Wildman–Crippen LogP) is 1.79. The number of aromatic hydroxyl groups is 1. The van der Waals surface area contributed by atoms with Crippen molar-refractivity contribution in [1.29, 1.82) is 0 Å². The SMILES string of the molecule is [B]C1=CC(COC(=O)Nc2ccsc2-c2nc(C(=O)OC)c(O)c(=O)[nH]2)C(OC)C=C1. The summed E-state index contributed by atoms with van der Waals surface area (Å²) in [6, 6.07) is 1.57. The van der Waals surface area contributed by atoms with E-state index in [9.17, 15) is 19.5 Å². The van der Waals surface area contributed by atoms with Crippen LogP contribution in [0, 0.1) is 5.92 Å². The van der Waals surface area contributed by atoms with Crippen LogP contribution in [0.25, 0.3) is 10.7 Å². The van der Waals surface area contributed by atoms with Gasteiger partial charge in [-0.3, -0.25) is 10.1 Å². The van der Waals surface area contributed by atoms with Crippen LogP contribution in [0.1, 0.15) is 10.5 Å². The molecule has 2 atom stereocenters. The van der Waals surface area contributed by atoms with Crippen LogP contribution in [0.5, 0.6) is 5.75 Å². The quantitative estimate of drug-likeness (QED) is 0.454. The monoisotopic (exact) mass is 443 g/mol. The van der Waals surface area contributed by atoms with Crippen molar-refractivity contribution in [2.24, 2.45) is 5.92 Å². The molecule has 1 aliphatic carbocycles. The van der Waals surface area contributed by atoms with Gasteiger partial charge in [0.2, 0.25) is 5.75 Å². The number of aromatic nitrogens is 2. The molecular weight excluding hydrogens is 425 g/mol. The molecule has 2 aromatic rings. The highest BCUT2D eigenvalue weighted by atomic mass is 32.1. The maximum absolute atomic E-state index is 12.3. The summed E-state index contributed by atoms with van der Waals surface area (Å²) in [4.78, 5) is 42.7. The lowest BCUT2D eigenvalue weighted by molar-refractivity contribution is 0.0589. The summed E-state index contributed by atoms with van der Waals surface area (Å²) < 4.78 is 15.1. The van der Waals surface area contributed by atoms with Gasteiger partial charge in [-0.05, 0) is 11.4 Å². The molecule has 0 aromatic carbocycles. The van der Waals surface area contributed by atoms with E-state index in [0.29, 0.717) is 16.0 Å². The molecule has 3 N–H and O–H groups in total. The lowest BCUT2D eigenvalue weighted by Gasteiger charge is -2.24. The number of hydrogen-bond acceptors (Lipinski definition) is 9. The van der Waals surface area contributed by atoms with E-state index in [1.165, 1.54) is 0 Å². The average molecular weight is 443 g/mol. The second kappa shape index (κ2) is 9.62. The smallest absolute Gasteiger partial charge is 0.411 e. The van der Waals surface area contributed by atoms with Crippen LogP contribution in [0.3, 0.4) is 0 Å². The molecule has 0 aliphatic heterocycles. The minimum atomic E-state index is -0.975. The Hall–Kier alpha value is -3.38. The second-order valence-corrected chi connectivity index (χ2v) is 7.30. The fraction of sp³-hybridized carbons (Fsp3) is 0.263. The van der Waals surface area contributed by atoms with Gasteiger partial charge in [0.15, 0.2) is 11.5 Å². The van der Waals surface area contributed by atoms with Crippen LogP contribution in [0.2, 0.25) is 0 Å². The third-order valence-corrected chi connectivity index (χ3v) is 5.30. The minimum absolute atomic E-state index is 0.0234. The Kier molecular flexibility index (Phi) is 6.93. The standard InChI is InChI=1S/C19H18BN3O7S/c1-28-12-4-3-10(20)7-9(12)8-30-19(27)21-11-5-6-31-15(11)16-22-13(18(26)29-2)14(24)17(25)23-16/h3-7,9,12,24H,8H2,1-2H3,(H,21,27)(H,22,23,25). The van der Waals surface area contributed by atoms with E-state index in [2.05, 4.69) is 20.0 Å².